The molecule has 0 spiro atoms. The quantitative estimate of drug-likeness (QED) is 0.777. The molecule has 2 heterocycles. The number of hydrogen-bond donors (Lipinski definition) is 2. The maximum Gasteiger partial charge on any atom is 0.264 e. The molecule has 1 aromatic heterocycles. The molecule has 6 nitrogen and oxygen atoms in total. The molecule has 1 aliphatic heterocycles. The van der Waals surface area contributed by atoms with Crippen molar-refractivity contribution < 1.29 is 9.53 Å². The molecule has 1 amide bonds. The molecule has 17 heavy (non-hydrogen) atoms. The van der Waals surface area contributed by atoms with Crippen LogP contribution in [0.25, 0.3) is 0 Å². The lowest BCUT2D eigenvalue weighted by Gasteiger charge is -2.28. The molecule has 94 valence electrons. The predicted molar refractivity (Wildman–Crippen MR) is 64.1 cm³/mol. The van der Waals surface area contributed by atoms with Crippen molar-refractivity contribution >= 4 is 17.4 Å². The summed E-state index contributed by atoms with van der Waals surface area (Å²) < 4.78 is 8.88. The van der Waals surface area contributed by atoms with Gasteiger partial charge < -0.3 is 15.4 Å². The zero-order valence-corrected chi connectivity index (χ0v) is 10.5. The van der Waals surface area contributed by atoms with Gasteiger partial charge >= 0.3 is 0 Å². The molecule has 1 aromatic rings. The fourth-order valence-electron chi connectivity index (χ4n) is 2.07. The van der Waals surface area contributed by atoms with Crippen LogP contribution >= 0.6 is 11.5 Å². The van der Waals surface area contributed by atoms with E-state index >= 15 is 0 Å². The van der Waals surface area contributed by atoms with Crippen LogP contribution in [-0.4, -0.2) is 47.8 Å². The molecule has 0 aromatic carbocycles. The number of methoxy groups -OCH3 is 1. The smallest absolute Gasteiger partial charge is 0.264 e. The topological polar surface area (TPSA) is 76.1 Å². The minimum absolute atomic E-state index is 0.121. The van der Waals surface area contributed by atoms with Crippen LogP contribution in [0.15, 0.2) is 6.20 Å². The van der Waals surface area contributed by atoms with Gasteiger partial charge in [-0.1, -0.05) is 4.49 Å². The third-order valence-electron chi connectivity index (χ3n) is 2.93. The first-order valence-corrected chi connectivity index (χ1v) is 6.33. The SMILES string of the molecule is COCC1(CNC(=O)c2cnns2)CCCN1. The highest BCUT2D eigenvalue weighted by Crippen LogP contribution is 2.19. The molecule has 2 N–H and O–H groups in total. The van der Waals surface area contributed by atoms with Crippen LogP contribution in [0.5, 0.6) is 0 Å². The van der Waals surface area contributed by atoms with Crippen LogP contribution in [0.2, 0.25) is 0 Å². The average molecular weight is 256 g/mol. The molecule has 0 bridgehead atoms. The third kappa shape index (κ3) is 2.99. The zero-order valence-electron chi connectivity index (χ0n) is 9.73. The first kappa shape index (κ1) is 12.4. The van der Waals surface area contributed by atoms with E-state index in [1.807, 2.05) is 0 Å². The van der Waals surface area contributed by atoms with Gasteiger partial charge in [0, 0.05) is 13.7 Å². The number of amides is 1. The maximum absolute atomic E-state index is 11.8. The first-order chi connectivity index (χ1) is 8.26. The van der Waals surface area contributed by atoms with Crippen molar-refractivity contribution in [1.82, 2.24) is 20.2 Å². The molecule has 7 heteroatoms. The van der Waals surface area contributed by atoms with E-state index < -0.39 is 0 Å². The van der Waals surface area contributed by atoms with E-state index in [9.17, 15) is 4.79 Å². The Kier molecular flexibility index (Phi) is 4.03. The largest absolute Gasteiger partial charge is 0.383 e. The Labute approximate surface area is 104 Å². The Morgan fingerprint density at radius 1 is 1.76 bits per heavy atom. The van der Waals surface area contributed by atoms with Crippen LogP contribution in [0.4, 0.5) is 0 Å². The highest BCUT2D eigenvalue weighted by atomic mass is 32.1. The number of rotatable bonds is 5. The fraction of sp³-hybridized carbons (Fsp3) is 0.700. The summed E-state index contributed by atoms with van der Waals surface area (Å²) in [5.74, 6) is -0.121. The molecule has 1 unspecified atom stereocenters. The van der Waals surface area contributed by atoms with Crippen molar-refractivity contribution in [3.63, 3.8) is 0 Å². The Morgan fingerprint density at radius 2 is 2.65 bits per heavy atom. The van der Waals surface area contributed by atoms with Crippen LogP contribution in [0.3, 0.4) is 0 Å². The summed E-state index contributed by atoms with van der Waals surface area (Å²) in [6.07, 6.45) is 3.61. The van der Waals surface area contributed by atoms with Gasteiger partial charge in [-0.3, -0.25) is 4.79 Å². The fourth-order valence-corrected chi connectivity index (χ4v) is 2.51. The Bertz CT molecular complexity index is 362. The summed E-state index contributed by atoms with van der Waals surface area (Å²) in [6.45, 7) is 2.15. The highest BCUT2D eigenvalue weighted by Gasteiger charge is 2.33. The molecule has 1 aliphatic rings. The minimum Gasteiger partial charge on any atom is -0.383 e. The Morgan fingerprint density at radius 3 is 3.24 bits per heavy atom. The average Bonchev–Trinajstić information content (AvgIpc) is 2.98. The second kappa shape index (κ2) is 5.52. The molecule has 0 radical (unpaired) electrons. The molecule has 1 atom stereocenters. The monoisotopic (exact) mass is 256 g/mol. The van der Waals surface area contributed by atoms with Gasteiger partial charge in [-0.15, -0.1) is 5.10 Å². The second-order valence-electron chi connectivity index (χ2n) is 4.21. The predicted octanol–water partition coefficient (Wildman–Crippen LogP) is 0.0365. The van der Waals surface area contributed by atoms with Crippen molar-refractivity contribution in [3.8, 4) is 0 Å². The number of nitrogens with one attached hydrogen (secondary N) is 2. The first-order valence-electron chi connectivity index (χ1n) is 5.55. The van der Waals surface area contributed by atoms with Gasteiger partial charge in [-0.2, -0.15) is 0 Å². The lowest BCUT2D eigenvalue weighted by molar-refractivity contribution is 0.0895. The van der Waals surface area contributed by atoms with Crippen LogP contribution < -0.4 is 10.6 Å². The summed E-state index contributed by atoms with van der Waals surface area (Å²) in [4.78, 5) is 12.3. The highest BCUT2D eigenvalue weighted by molar-refractivity contribution is 7.07. The van der Waals surface area contributed by atoms with Crippen LogP contribution in [-0.2, 0) is 4.74 Å². The number of hydrogen-bond acceptors (Lipinski definition) is 6. The summed E-state index contributed by atoms with van der Waals surface area (Å²) in [5, 5.41) is 9.95. The van der Waals surface area contributed by atoms with Crippen LogP contribution in [0, 0.1) is 0 Å². The van der Waals surface area contributed by atoms with Crippen molar-refractivity contribution in [1.29, 1.82) is 0 Å². The van der Waals surface area contributed by atoms with Crippen molar-refractivity contribution in [2.45, 2.75) is 18.4 Å². The molecule has 0 saturated carbocycles. The van der Waals surface area contributed by atoms with Gasteiger partial charge in [-0.05, 0) is 30.9 Å². The van der Waals surface area contributed by atoms with E-state index in [0.29, 0.717) is 18.0 Å². The lowest BCUT2D eigenvalue weighted by Crippen LogP contribution is -2.52. The number of aromatic nitrogens is 2. The minimum atomic E-state index is -0.122. The van der Waals surface area contributed by atoms with E-state index in [1.165, 1.54) is 6.20 Å². The number of nitrogens with zero attached hydrogens (tertiary/aromatic N) is 2. The van der Waals surface area contributed by atoms with E-state index in [1.54, 1.807) is 7.11 Å². The number of carbonyl (C=O) groups is 1. The van der Waals surface area contributed by atoms with Crippen molar-refractivity contribution in [2.24, 2.45) is 0 Å². The lowest BCUT2D eigenvalue weighted by atomic mass is 9.98. The third-order valence-corrected chi connectivity index (χ3v) is 3.59. The van der Waals surface area contributed by atoms with Gasteiger partial charge in [0.15, 0.2) is 0 Å². The molecular weight excluding hydrogens is 240 g/mol. The van der Waals surface area contributed by atoms with Gasteiger partial charge in [0.2, 0.25) is 0 Å². The van der Waals surface area contributed by atoms with Gasteiger partial charge in [0.05, 0.1) is 18.3 Å². The maximum atomic E-state index is 11.8. The molecule has 1 fully saturated rings. The summed E-state index contributed by atoms with van der Waals surface area (Å²) in [7, 11) is 1.68. The van der Waals surface area contributed by atoms with E-state index in [-0.39, 0.29) is 11.4 Å². The normalized spacial score (nSPS) is 23.8. The molecule has 2 rings (SSSR count). The summed E-state index contributed by atoms with van der Waals surface area (Å²) in [5.41, 5.74) is -0.122. The molecule has 0 aliphatic carbocycles. The number of ether oxygens (including phenoxy) is 1. The van der Waals surface area contributed by atoms with Crippen molar-refractivity contribution in [3.05, 3.63) is 11.1 Å². The van der Waals surface area contributed by atoms with E-state index in [4.69, 9.17) is 4.74 Å². The standard InChI is InChI=1S/C10H16N4O2S/c1-16-7-10(3-2-4-12-10)6-11-9(15)8-5-13-14-17-8/h5,12H,2-4,6-7H2,1H3,(H,11,15). The van der Waals surface area contributed by atoms with Gasteiger partial charge in [0.25, 0.3) is 5.91 Å². The van der Waals surface area contributed by atoms with Crippen LogP contribution in [0.1, 0.15) is 22.5 Å². The van der Waals surface area contributed by atoms with E-state index in [2.05, 4.69) is 20.2 Å². The second-order valence-corrected chi connectivity index (χ2v) is 4.99. The summed E-state index contributed by atoms with van der Waals surface area (Å²) >= 11 is 1.10. The Hall–Kier alpha value is -1.05. The Balaban J connectivity index is 1.89. The summed E-state index contributed by atoms with van der Waals surface area (Å²) in [6, 6.07) is 0. The van der Waals surface area contributed by atoms with Gasteiger partial charge in [0.1, 0.15) is 4.88 Å². The zero-order chi connectivity index (χ0) is 12.1. The van der Waals surface area contributed by atoms with E-state index in [0.717, 1.165) is 30.9 Å². The number of carbonyl (C=O) groups excluding carboxylic acids is 1. The van der Waals surface area contributed by atoms with Crippen molar-refractivity contribution in [2.75, 3.05) is 26.8 Å². The molecule has 1 saturated heterocycles. The molecular formula is C10H16N4O2S. The van der Waals surface area contributed by atoms with Gasteiger partial charge in [-0.25, -0.2) is 0 Å².